The van der Waals surface area contributed by atoms with Crippen molar-refractivity contribution in [3.63, 3.8) is 0 Å². The molecule has 2 amide bonds. The highest BCUT2D eigenvalue weighted by Gasteiger charge is 2.37. The summed E-state index contributed by atoms with van der Waals surface area (Å²) in [5.74, 6) is 0.0940. The number of amides is 2. The van der Waals surface area contributed by atoms with Gasteiger partial charge in [-0.05, 0) is 78.7 Å². The van der Waals surface area contributed by atoms with Gasteiger partial charge < -0.3 is 15.5 Å². The first kappa shape index (κ1) is 26.3. The summed E-state index contributed by atoms with van der Waals surface area (Å²) in [5, 5.41) is 8.75. The van der Waals surface area contributed by atoms with Crippen LogP contribution in [-0.2, 0) is 9.59 Å². The molecule has 200 valence electrons. The minimum Gasteiger partial charge on any atom is -0.340 e. The summed E-state index contributed by atoms with van der Waals surface area (Å²) in [5.41, 5.74) is 2.88. The highest BCUT2D eigenvalue weighted by molar-refractivity contribution is 8.18. The third-order valence-electron chi connectivity index (χ3n) is 6.59. The van der Waals surface area contributed by atoms with E-state index >= 15 is 0 Å². The predicted octanol–water partition coefficient (Wildman–Crippen LogP) is 6.75. The van der Waals surface area contributed by atoms with Crippen LogP contribution in [0.4, 0.5) is 17.2 Å². The molecule has 8 nitrogen and oxygen atoms in total. The molecule has 0 spiro atoms. The second-order valence-corrected chi connectivity index (χ2v) is 11.1. The molecule has 0 saturated carbocycles. The zero-order valence-electron chi connectivity index (χ0n) is 21.0. The van der Waals surface area contributed by atoms with Crippen molar-refractivity contribution in [2.75, 3.05) is 17.2 Å². The molecule has 4 aromatic rings. The van der Waals surface area contributed by atoms with Crippen LogP contribution in [0.15, 0.2) is 83.0 Å². The molecule has 1 saturated heterocycles. The molecule has 1 atom stereocenters. The Balaban J connectivity index is 1.19. The van der Waals surface area contributed by atoms with E-state index < -0.39 is 6.04 Å². The van der Waals surface area contributed by atoms with E-state index in [2.05, 4.69) is 25.6 Å². The zero-order valence-corrected chi connectivity index (χ0v) is 23.3. The van der Waals surface area contributed by atoms with Crippen LogP contribution in [0.2, 0.25) is 10.0 Å². The number of aromatic nitrogens is 2. The molecule has 2 aliphatic heterocycles. The van der Waals surface area contributed by atoms with E-state index in [-0.39, 0.29) is 11.8 Å². The fraction of sp³-hybridized carbons (Fsp3) is 0.138. The molecule has 3 aromatic carbocycles. The minimum atomic E-state index is -0.453. The summed E-state index contributed by atoms with van der Waals surface area (Å²) < 4.78 is 0. The van der Waals surface area contributed by atoms with Gasteiger partial charge >= 0.3 is 0 Å². The van der Waals surface area contributed by atoms with Crippen molar-refractivity contribution >= 4 is 86.1 Å². The number of benzene rings is 3. The van der Waals surface area contributed by atoms with Crippen molar-refractivity contribution in [2.24, 2.45) is 4.99 Å². The molecule has 40 heavy (non-hydrogen) atoms. The molecular formula is C29H22Cl2N6O2S. The first-order valence-electron chi connectivity index (χ1n) is 12.6. The smallest absolute Gasteiger partial charge is 0.286 e. The van der Waals surface area contributed by atoms with Crippen molar-refractivity contribution in [3.05, 3.63) is 93.6 Å². The number of amidine groups is 1. The highest BCUT2D eigenvalue weighted by Crippen LogP contribution is 2.35. The molecule has 0 unspecified atom stereocenters. The molecule has 1 fully saturated rings. The molecule has 2 N–H and O–H groups in total. The minimum absolute atomic E-state index is 0.169. The number of anilines is 3. The number of carbonyl (C=O) groups is 2. The Hall–Kier alpha value is -3.92. The van der Waals surface area contributed by atoms with Crippen LogP contribution in [-0.4, -0.2) is 44.4 Å². The number of thioether (sulfide) groups is 1. The van der Waals surface area contributed by atoms with E-state index in [0.717, 1.165) is 28.6 Å². The maximum absolute atomic E-state index is 13.4. The van der Waals surface area contributed by atoms with Crippen LogP contribution >= 0.6 is 35.0 Å². The van der Waals surface area contributed by atoms with Crippen LogP contribution < -0.4 is 10.6 Å². The van der Waals surface area contributed by atoms with Crippen LogP contribution in [0, 0.1) is 0 Å². The number of hydrogen-bond acceptors (Lipinski definition) is 7. The summed E-state index contributed by atoms with van der Waals surface area (Å²) in [6.45, 7) is 0.635. The van der Waals surface area contributed by atoms with E-state index in [1.807, 2.05) is 53.4 Å². The van der Waals surface area contributed by atoms with Gasteiger partial charge in [0.2, 0.25) is 5.91 Å². The average molecular weight is 590 g/mol. The lowest BCUT2D eigenvalue weighted by Crippen LogP contribution is -2.41. The van der Waals surface area contributed by atoms with Crippen LogP contribution in [0.1, 0.15) is 18.4 Å². The first-order valence-corrected chi connectivity index (χ1v) is 14.1. The molecule has 3 heterocycles. The number of aliphatic imine (C=N–C) groups is 1. The number of fused-ring (bicyclic) bond motifs is 1. The number of nitrogens with zero attached hydrogens (tertiary/aromatic N) is 4. The second kappa shape index (κ2) is 11.3. The first-order chi connectivity index (χ1) is 19.4. The van der Waals surface area contributed by atoms with Gasteiger partial charge in [-0.25, -0.2) is 9.97 Å². The van der Waals surface area contributed by atoms with Gasteiger partial charge in [0.25, 0.3) is 5.91 Å². The van der Waals surface area contributed by atoms with E-state index in [4.69, 9.17) is 23.2 Å². The number of rotatable bonds is 5. The summed E-state index contributed by atoms with van der Waals surface area (Å²) in [6.07, 6.45) is 4.69. The quantitative estimate of drug-likeness (QED) is 0.248. The second-order valence-electron chi connectivity index (χ2n) is 9.26. The predicted molar refractivity (Wildman–Crippen MR) is 162 cm³/mol. The Morgan fingerprint density at radius 1 is 1.02 bits per heavy atom. The lowest BCUT2D eigenvalue weighted by atomic mass is 10.1. The molecule has 0 radical (unpaired) electrons. The van der Waals surface area contributed by atoms with Crippen LogP contribution in [0.5, 0.6) is 0 Å². The Morgan fingerprint density at radius 2 is 1.90 bits per heavy atom. The number of halogens is 2. The number of carbonyl (C=O) groups excluding carboxylic acids is 2. The third kappa shape index (κ3) is 5.54. The number of hydrogen-bond donors (Lipinski definition) is 2. The van der Waals surface area contributed by atoms with Gasteiger partial charge in [-0.2, -0.15) is 4.99 Å². The standard InChI is InChI=1S/C29H22Cl2N6O2S/c30-18-6-3-7-19(14-18)34-26-21-15-20(10-11-23(21)32-16-33-26)35-27(38)24-9-4-12-37(24)29-36-28(39)25(40-29)13-17-5-1-2-8-22(17)31/h1-3,5-8,10-11,13-16,24H,4,9,12H2,(H,35,38)(H,32,33,34)/b25-13+/t24-/m0/s1. The zero-order chi connectivity index (χ0) is 27.6. The maximum atomic E-state index is 13.4. The molecule has 6 rings (SSSR count). The Bertz CT molecular complexity index is 1710. The lowest BCUT2D eigenvalue weighted by molar-refractivity contribution is -0.119. The fourth-order valence-corrected chi connectivity index (χ4v) is 6.05. The van der Waals surface area contributed by atoms with Crippen molar-refractivity contribution in [1.29, 1.82) is 0 Å². The number of likely N-dealkylation sites (tertiary alicyclic amines) is 1. The summed E-state index contributed by atoms with van der Waals surface area (Å²) in [6, 6.07) is 19.7. The Labute approximate surface area is 244 Å². The van der Waals surface area contributed by atoms with Crippen molar-refractivity contribution in [2.45, 2.75) is 18.9 Å². The van der Waals surface area contributed by atoms with Crippen molar-refractivity contribution < 1.29 is 9.59 Å². The SMILES string of the molecule is O=C1N=C(N2CCC[C@H]2C(=O)Nc2ccc3ncnc(Nc4cccc(Cl)c4)c3c2)S/C1=C/c1ccccc1Cl. The van der Waals surface area contributed by atoms with E-state index in [0.29, 0.717) is 44.6 Å². The Kier molecular flexibility index (Phi) is 7.42. The largest absolute Gasteiger partial charge is 0.340 e. The molecule has 1 aromatic heterocycles. The van der Waals surface area contributed by atoms with Crippen molar-refractivity contribution in [1.82, 2.24) is 14.9 Å². The highest BCUT2D eigenvalue weighted by atomic mass is 35.5. The monoisotopic (exact) mass is 588 g/mol. The molecule has 11 heteroatoms. The maximum Gasteiger partial charge on any atom is 0.286 e. The van der Waals surface area contributed by atoms with Crippen LogP contribution in [0.25, 0.3) is 17.0 Å². The lowest BCUT2D eigenvalue weighted by Gasteiger charge is -2.24. The van der Waals surface area contributed by atoms with E-state index in [1.54, 1.807) is 24.3 Å². The van der Waals surface area contributed by atoms with Gasteiger partial charge in [0, 0.05) is 33.4 Å². The topological polar surface area (TPSA) is 99.6 Å². The summed E-state index contributed by atoms with van der Waals surface area (Å²) >= 11 is 13.7. The fourth-order valence-electron chi connectivity index (χ4n) is 4.68. The van der Waals surface area contributed by atoms with Gasteiger partial charge in [0.15, 0.2) is 5.17 Å². The molecule has 0 aliphatic carbocycles. The van der Waals surface area contributed by atoms with Gasteiger partial charge in [-0.3, -0.25) is 9.59 Å². The normalized spacial score (nSPS) is 17.9. The van der Waals surface area contributed by atoms with E-state index in [9.17, 15) is 9.59 Å². The van der Waals surface area contributed by atoms with Gasteiger partial charge in [0.1, 0.15) is 18.2 Å². The summed E-state index contributed by atoms with van der Waals surface area (Å²) in [4.78, 5) is 41.5. The summed E-state index contributed by atoms with van der Waals surface area (Å²) in [7, 11) is 0. The average Bonchev–Trinajstić information content (AvgIpc) is 3.57. The van der Waals surface area contributed by atoms with Gasteiger partial charge in [-0.15, -0.1) is 0 Å². The van der Waals surface area contributed by atoms with Gasteiger partial charge in [0.05, 0.1) is 10.4 Å². The van der Waals surface area contributed by atoms with Crippen LogP contribution in [0.3, 0.4) is 0 Å². The van der Waals surface area contributed by atoms with E-state index in [1.165, 1.54) is 18.1 Å². The Morgan fingerprint density at radius 3 is 2.75 bits per heavy atom. The molecular weight excluding hydrogens is 567 g/mol. The van der Waals surface area contributed by atoms with Gasteiger partial charge in [-0.1, -0.05) is 47.5 Å². The third-order valence-corrected chi connectivity index (χ3v) is 8.19. The van der Waals surface area contributed by atoms with Crippen molar-refractivity contribution in [3.8, 4) is 0 Å². The molecule has 0 bridgehead atoms. The molecule has 2 aliphatic rings. The number of nitrogens with one attached hydrogen (secondary N) is 2.